The summed E-state index contributed by atoms with van der Waals surface area (Å²) in [6, 6.07) is 17.0. The number of nitrogens with zero attached hydrogens (tertiary/aromatic N) is 2. The van der Waals surface area contributed by atoms with Crippen LogP contribution in [0, 0.1) is 0 Å². The predicted octanol–water partition coefficient (Wildman–Crippen LogP) is 3.39. The van der Waals surface area contributed by atoms with Gasteiger partial charge in [-0.3, -0.25) is 4.90 Å². The van der Waals surface area contributed by atoms with Crippen molar-refractivity contribution in [2.75, 3.05) is 46.4 Å². The summed E-state index contributed by atoms with van der Waals surface area (Å²) < 4.78 is 11.8. The highest BCUT2D eigenvalue weighted by Gasteiger charge is 2.18. The van der Waals surface area contributed by atoms with Gasteiger partial charge in [-0.05, 0) is 44.2 Å². The average Bonchev–Trinajstić information content (AvgIpc) is 2.74. The van der Waals surface area contributed by atoms with Crippen LogP contribution in [-0.2, 0) is 13.2 Å². The molecule has 158 valence electrons. The summed E-state index contributed by atoms with van der Waals surface area (Å²) in [5.41, 5.74) is 2.37. The van der Waals surface area contributed by atoms with Gasteiger partial charge in [0.05, 0.1) is 6.61 Å². The minimum Gasteiger partial charge on any atom is -0.490 e. The Hall–Kier alpha value is -2.08. The van der Waals surface area contributed by atoms with E-state index in [0.29, 0.717) is 19.3 Å². The molecule has 29 heavy (non-hydrogen) atoms. The molecule has 1 N–H and O–H groups in total. The Morgan fingerprint density at radius 1 is 0.931 bits per heavy atom. The standard InChI is InChI=1S/C24H35N3O2/c1-4-28-24-16-22(10-11-23(24)29-19-21-8-6-5-7-9-21)18-25-17-20(2)27-14-12-26(3)13-15-27/h5-11,16,20,25H,4,12-15,17-19H2,1-3H3. The van der Waals surface area contributed by atoms with E-state index in [2.05, 4.69) is 53.4 Å². The molecule has 0 spiro atoms. The van der Waals surface area contributed by atoms with Crippen LogP contribution in [0.3, 0.4) is 0 Å². The summed E-state index contributed by atoms with van der Waals surface area (Å²) in [4.78, 5) is 4.96. The van der Waals surface area contributed by atoms with E-state index in [0.717, 1.165) is 56.3 Å². The van der Waals surface area contributed by atoms with Crippen LogP contribution < -0.4 is 14.8 Å². The minimum absolute atomic E-state index is 0.543. The van der Waals surface area contributed by atoms with Gasteiger partial charge in [-0.1, -0.05) is 36.4 Å². The summed E-state index contributed by atoms with van der Waals surface area (Å²) in [5, 5.41) is 3.60. The number of benzene rings is 2. The molecule has 1 saturated heterocycles. The normalized spacial score (nSPS) is 16.5. The molecular formula is C24H35N3O2. The number of hydrogen-bond acceptors (Lipinski definition) is 5. The van der Waals surface area contributed by atoms with Gasteiger partial charge in [0.15, 0.2) is 11.5 Å². The second-order valence-corrected chi connectivity index (χ2v) is 7.81. The van der Waals surface area contributed by atoms with Crippen molar-refractivity contribution in [1.29, 1.82) is 0 Å². The highest BCUT2D eigenvalue weighted by molar-refractivity contribution is 5.43. The SMILES string of the molecule is CCOc1cc(CNCC(C)N2CCN(C)CC2)ccc1OCc1ccccc1. The van der Waals surface area contributed by atoms with Crippen molar-refractivity contribution in [3.05, 3.63) is 59.7 Å². The molecule has 5 nitrogen and oxygen atoms in total. The molecule has 1 heterocycles. The Bertz CT molecular complexity index is 730. The lowest BCUT2D eigenvalue weighted by Gasteiger charge is -2.36. The van der Waals surface area contributed by atoms with Crippen molar-refractivity contribution in [2.45, 2.75) is 33.0 Å². The van der Waals surface area contributed by atoms with Gasteiger partial charge in [0.2, 0.25) is 0 Å². The van der Waals surface area contributed by atoms with Gasteiger partial charge < -0.3 is 19.7 Å². The van der Waals surface area contributed by atoms with Crippen LogP contribution in [0.15, 0.2) is 48.5 Å². The molecule has 1 unspecified atom stereocenters. The first-order chi connectivity index (χ1) is 14.2. The fraction of sp³-hybridized carbons (Fsp3) is 0.500. The van der Waals surface area contributed by atoms with E-state index in [1.54, 1.807) is 0 Å². The van der Waals surface area contributed by atoms with E-state index >= 15 is 0 Å². The molecule has 2 aromatic carbocycles. The molecule has 0 bridgehead atoms. The van der Waals surface area contributed by atoms with E-state index in [9.17, 15) is 0 Å². The van der Waals surface area contributed by atoms with E-state index < -0.39 is 0 Å². The molecule has 0 amide bonds. The van der Waals surface area contributed by atoms with Crippen molar-refractivity contribution >= 4 is 0 Å². The quantitative estimate of drug-likeness (QED) is 0.665. The second-order valence-electron chi connectivity index (χ2n) is 7.81. The molecule has 0 aliphatic carbocycles. The summed E-state index contributed by atoms with van der Waals surface area (Å²) in [6.07, 6.45) is 0. The Morgan fingerprint density at radius 2 is 1.69 bits per heavy atom. The Balaban J connectivity index is 1.51. The third-order valence-corrected chi connectivity index (χ3v) is 5.48. The number of hydrogen-bond donors (Lipinski definition) is 1. The molecule has 1 aliphatic heterocycles. The molecule has 3 rings (SSSR count). The number of ether oxygens (including phenoxy) is 2. The number of rotatable bonds is 10. The summed E-state index contributed by atoms with van der Waals surface area (Å²) in [6.45, 7) is 11.9. The zero-order valence-corrected chi connectivity index (χ0v) is 18.1. The van der Waals surface area contributed by atoms with Gasteiger partial charge in [-0.2, -0.15) is 0 Å². The van der Waals surface area contributed by atoms with Gasteiger partial charge in [0, 0.05) is 45.3 Å². The first kappa shape index (κ1) is 21.6. The average molecular weight is 398 g/mol. The summed E-state index contributed by atoms with van der Waals surface area (Å²) in [7, 11) is 2.20. The second kappa shape index (κ2) is 11.2. The molecule has 1 atom stereocenters. The molecule has 0 radical (unpaired) electrons. The first-order valence-corrected chi connectivity index (χ1v) is 10.7. The molecular weight excluding hydrogens is 362 g/mol. The monoisotopic (exact) mass is 397 g/mol. The van der Waals surface area contributed by atoms with E-state index in [-0.39, 0.29) is 0 Å². The van der Waals surface area contributed by atoms with Gasteiger partial charge in [0.25, 0.3) is 0 Å². The van der Waals surface area contributed by atoms with E-state index in [1.807, 2.05) is 31.2 Å². The number of nitrogens with one attached hydrogen (secondary N) is 1. The van der Waals surface area contributed by atoms with Crippen LogP contribution in [0.25, 0.3) is 0 Å². The number of likely N-dealkylation sites (N-methyl/N-ethyl adjacent to an activating group) is 1. The summed E-state index contributed by atoms with van der Waals surface area (Å²) >= 11 is 0. The molecule has 1 aliphatic rings. The Morgan fingerprint density at radius 3 is 2.41 bits per heavy atom. The van der Waals surface area contributed by atoms with Crippen molar-refractivity contribution < 1.29 is 9.47 Å². The summed E-state index contributed by atoms with van der Waals surface area (Å²) in [5.74, 6) is 1.61. The van der Waals surface area contributed by atoms with Crippen molar-refractivity contribution in [3.8, 4) is 11.5 Å². The zero-order valence-electron chi connectivity index (χ0n) is 18.1. The maximum atomic E-state index is 6.01. The van der Waals surface area contributed by atoms with Crippen LogP contribution in [0.5, 0.6) is 11.5 Å². The van der Waals surface area contributed by atoms with Gasteiger partial charge >= 0.3 is 0 Å². The van der Waals surface area contributed by atoms with Crippen molar-refractivity contribution in [2.24, 2.45) is 0 Å². The smallest absolute Gasteiger partial charge is 0.161 e. The lowest BCUT2D eigenvalue weighted by atomic mass is 10.2. The zero-order chi connectivity index (χ0) is 20.5. The molecule has 5 heteroatoms. The van der Waals surface area contributed by atoms with Gasteiger partial charge in [-0.15, -0.1) is 0 Å². The molecule has 0 saturated carbocycles. The molecule has 0 aromatic heterocycles. The first-order valence-electron chi connectivity index (χ1n) is 10.7. The molecule has 2 aromatic rings. The van der Waals surface area contributed by atoms with Crippen LogP contribution in [0.2, 0.25) is 0 Å². The maximum absolute atomic E-state index is 6.01. The van der Waals surface area contributed by atoms with Crippen LogP contribution >= 0.6 is 0 Å². The molecule has 1 fully saturated rings. The minimum atomic E-state index is 0.543. The van der Waals surface area contributed by atoms with Crippen LogP contribution in [0.1, 0.15) is 25.0 Å². The fourth-order valence-corrected chi connectivity index (χ4v) is 3.60. The van der Waals surface area contributed by atoms with E-state index in [4.69, 9.17) is 9.47 Å². The predicted molar refractivity (Wildman–Crippen MR) is 119 cm³/mol. The topological polar surface area (TPSA) is 37.0 Å². The highest BCUT2D eigenvalue weighted by Crippen LogP contribution is 2.29. The largest absolute Gasteiger partial charge is 0.490 e. The lowest BCUT2D eigenvalue weighted by Crippen LogP contribution is -2.50. The lowest BCUT2D eigenvalue weighted by molar-refractivity contribution is 0.118. The van der Waals surface area contributed by atoms with Crippen LogP contribution in [-0.4, -0.2) is 62.2 Å². The third kappa shape index (κ3) is 6.74. The van der Waals surface area contributed by atoms with Gasteiger partial charge in [-0.25, -0.2) is 0 Å². The third-order valence-electron chi connectivity index (χ3n) is 5.48. The van der Waals surface area contributed by atoms with E-state index in [1.165, 1.54) is 5.56 Å². The highest BCUT2D eigenvalue weighted by atomic mass is 16.5. The fourth-order valence-electron chi connectivity index (χ4n) is 3.60. The maximum Gasteiger partial charge on any atom is 0.161 e. The Labute approximate surface area is 175 Å². The Kier molecular flexibility index (Phi) is 8.35. The van der Waals surface area contributed by atoms with Crippen molar-refractivity contribution in [1.82, 2.24) is 15.1 Å². The van der Waals surface area contributed by atoms with Crippen LogP contribution in [0.4, 0.5) is 0 Å². The van der Waals surface area contributed by atoms with Crippen molar-refractivity contribution in [3.63, 3.8) is 0 Å². The number of piperazine rings is 1. The van der Waals surface area contributed by atoms with Gasteiger partial charge in [0.1, 0.15) is 6.61 Å².